The molecule has 3 rings (SSSR count). The van der Waals surface area contributed by atoms with E-state index in [0.717, 1.165) is 0 Å². The number of nitrogens with zero attached hydrogens (tertiary/aromatic N) is 2. The SMILES string of the molecule is O=C(Nc1nc(-c2cccc(F)c2)cs1)c1cccnc1. The van der Waals surface area contributed by atoms with E-state index in [1.54, 1.807) is 35.8 Å². The molecule has 104 valence electrons. The Morgan fingerprint density at radius 1 is 1.24 bits per heavy atom. The average Bonchev–Trinajstić information content (AvgIpc) is 2.97. The second kappa shape index (κ2) is 5.80. The molecule has 0 spiro atoms. The first-order chi connectivity index (χ1) is 10.2. The van der Waals surface area contributed by atoms with Crippen molar-refractivity contribution < 1.29 is 9.18 Å². The second-order valence-electron chi connectivity index (χ2n) is 4.24. The molecule has 0 unspecified atom stereocenters. The monoisotopic (exact) mass is 299 g/mol. The van der Waals surface area contributed by atoms with Crippen molar-refractivity contribution >= 4 is 22.4 Å². The van der Waals surface area contributed by atoms with E-state index < -0.39 is 0 Å². The summed E-state index contributed by atoms with van der Waals surface area (Å²) in [6.45, 7) is 0. The summed E-state index contributed by atoms with van der Waals surface area (Å²) in [6.07, 6.45) is 3.08. The number of benzene rings is 1. The van der Waals surface area contributed by atoms with Crippen molar-refractivity contribution in [2.45, 2.75) is 0 Å². The van der Waals surface area contributed by atoms with Crippen molar-refractivity contribution in [3.63, 3.8) is 0 Å². The molecule has 0 bridgehead atoms. The lowest BCUT2D eigenvalue weighted by molar-refractivity contribution is 0.102. The van der Waals surface area contributed by atoms with E-state index in [9.17, 15) is 9.18 Å². The van der Waals surface area contributed by atoms with Gasteiger partial charge < -0.3 is 0 Å². The standard InChI is InChI=1S/C15H10FN3OS/c16-12-5-1-3-10(7-12)13-9-21-15(18-13)19-14(20)11-4-2-6-17-8-11/h1-9H,(H,18,19,20). The number of carbonyl (C=O) groups excluding carboxylic acids is 1. The molecule has 2 aromatic heterocycles. The molecule has 3 aromatic rings. The van der Waals surface area contributed by atoms with Crippen LogP contribution in [0.5, 0.6) is 0 Å². The third-order valence-corrected chi connectivity index (χ3v) is 3.53. The molecule has 1 N–H and O–H groups in total. The number of anilines is 1. The molecule has 0 aliphatic carbocycles. The minimum atomic E-state index is -0.318. The highest BCUT2D eigenvalue weighted by atomic mass is 32.1. The Morgan fingerprint density at radius 3 is 2.90 bits per heavy atom. The topological polar surface area (TPSA) is 54.9 Å². The van der Waals surface area contributed by atoms with Crippen LogP contribution >= 0.6 is 11.3 Å². The van der Waals surface area contributed by atoms with Crippen LogP contribution in [0.4, 0.5) is 9.52 Å². The number of aromatic nitrogens is 2. The Hall–Kier alpha value is -2.60. The van der Waals surface area contributed by atoms with Gasteiger partial charge in [0.05, 0.1) is 11.3 Å². The molecule has 0 atom stereocenters. The zero-order chi connectivity index (χ0) is 14.7. The smallest absolute Gasteiger partial charge is 0.259 e. The lowest BCUT2D eigenvalue weighted by atomic mass is 10.2. The summed E-state index contributed by atoms with van der Waals surface area (Å²) in [4.78, 5) is 20.1. The van der Waals surface area contributed by atoms with Crippen LogP contribution in [0.3, 0.4) is 0 Å². The largest absolute Gasteiger partial charge is 0.298 e. The van der Waals surface area contributed by atoms with Gasteiger partial charge in [-0.1, -0.05) is 12.1 Å². The van der Waals surface area contributed by atoms with Gasteiger partial charge in [0.25, 0.3) is 5.91 Å². The summed E-state index contributed by atoms with van der Waals surface area (Å²) in [5.41, 5.74) is 1.76. The summed E-state index contributed by atoms with van der Waals surface area (Å²) in [7, 11) is 0. The first-order valence-electron chi connectivity index (χ1n) is 6.15. The number of rotatable bonds is 3. The Labute approximate surface area is 124 Å². The molecule has 0 aliphatic rings. The van der Waals surface area contributed by atoms with Crippen LogP contribution in [0.25, 0.3) is 11.3 Å². The van der Waals surface area contributed by atoms with Crippen molar-refractivity contribution in [3.8, 4) is 11.3 Å². The molecule has 2 heterocycles. The molecular formula is C15H10FN3OS. The molecular weight excluding hydrogens is 289 g/mol. The van der Waals surface area contributed by atoms with Crippen LogP contribution in [-0.4, -0.2) is 15.9 Å². The summed E-state index contributed by atoms with van der Waals surface area (Å²) in [5, 5.41) is 4.93. The van der Waals surface area contributed by atoms with Crippen molar-refractivity contribution in [2.75, 3.05) is 5.32 Å². The van der Waals surface area contributed by atoms with E-state index in [-0.39, 0.29) is 11.7 Å². The number of pyridine rings is 1. The zero-order valence-corrected chi connectivity index (χ0v) is 11.6. The molecule has 0 radical (unpaired) electrons. The first-order valence-corrected chi connectivity index (χ1v) is 7.03. The van der Waals surface area contributed by atoms with E-state index in [1.165, 1.54) is 29.7 Å². The van der Waals surface area contributed by atoms with Gasteiger partial charge in [-0.05, 0) is 24.3 Å². The number of hydrogen-bond acceptors (Lipinski definition) is 4. The Kier molecular flexibility index (Phi) is 3.70. The minimum Gasteiger partial charge on any atom is -0.298 e. The maximum Gasteiger partial charge on any atom is 0.259 e. The van der Waals surface area contributed by atoms with Gasteiger partial charge in [-0.2, -0.15) is 0 Å². The molecule has 0 saturated carbocycles. The number of amides is 1. The highest BCUT2D eigenvalue weighted by Crippen LogP contribution is 2.25. The average molecular weight is 299 g/mol. The minimum absolute atomic E-state index is 0.275. The van der Waals surface area contributed by atoms with Crippen LogP contribution in [0, 0.1) is 5.82 Å². The number of nitrogens with one attached hydrogen (secondary N) is 1. The van der Waals surface area contributed by atoms with E-state index in [2.05, 4.69) is 15.3 Å². The second-order valence-corrected chi connectivity index (χ2v) is 5.10. The maximum atomic E-state index is 13.2. The zero-order valence-electron chi connectivity index (χ0n) is 10.8. The van der Waals surface area contributed by atoms with Gasteiger partial charge in [-0.25, -0.2) is 9.37 Å². The molecule has 0 aliphatic heterocycles. The van der Waals surface area contributed by atoms with Gasteiger partial charge in [0.2, 0.25) is 0 Å². The molecule has 0 saturated heterocycles. The van der Waals surface area contributed by atoms with E-state index in [4.69, 9.17) is 0 Å². The van der Waals surface area contributed by atoms with Crippen molar-refractivity contribution in [2.24, 2.45) is 0 Å². The van der Waals surface area contributed by atoms with Gasteiger partial charge in [0.1, 0.15) is 5.82 Å². The van der Waals surface area contributed by atoms with Gasteiger partial charge in [0, 0.05) is 23.3 Å². The number of hydrogen-bond donors (Lipinski definition) is 1. The van der Waals surface area contributed by atoms with E-state index in [0.29, 0.717) is 22.0 Å². The predicted octanol–water partition coefficient (Wildman–Crippen LogP) is 3.60. The van der Waals surface area contributed by atoms with E-state index >= 15 is 0 Å². The van der Waals surface area contributed by atoms with Crippen LogP contribution in [0.2, 0.25) is 0 Å². The molecule has 4 nitrogen and oxygen atoms in total. The molecule has 1 aromatic carbocycles. The van der Waals surface area contributed by atoms with Crippen molar-refractivity contribution in [1.29, 1.82) is 0 Å². The van der Waals surface area contributed by atoms with Gasteiger partial charge in [-0.3, -0.25) is 15.1 Å². The third kappa shape index (κ3) is 3.11. The van der Waals surface area contributed by atoms with Gasteiger partial charge in [-0.15, -0.1) is 11.3 Å². The molecule has 6 heteroatoms. The quantitative estimate of drug-likeness (QED) is 0.804. The fraction of sp³-hybridized carbons (Fsp3) is 0. The highest BCUT2D eigenvalue weighted by molar-refractivity contribution is 7.14. The predicted molar refractivity (Wildman–Crippen MR) is 79.7 cm³/mol. The van der Waals surface area contributed by atoms with Crippen LogP contribution in [0.15, 0.2) is 54.2 Å². The van der Waals surface area contributed by atoms with E-state index in [1.807, 2.05) is 0 Å². The molecule has 0 fully saturated rings. The number of thiazole rings is 1. The van der Waals surface area contributed by atoms with Gasteiger partial charge >= 0.3 is 0 Å². The summed E-state index contributed by atoms with van der Waals surface area (Å²) in [6, 6.07) is 9.53. The third-order valence-electron chi connectivity index (χ3n) is 2.77. The van der Waals surface area contributed by atoms with Crippen molar-refractivity contribution in [3.05, 3.63) is 65.6 Å². The van der Waals surface area contributed by atoms with Crippen LogP contribution in [-0.2, 0) is 0 Å². The molecule has 1 amide bonds. The Morgan fingerprint density at radius 2 is 2.14 bits per heavy atom. The maximum absolute atomic E-state index is 13.2. The Bertz CT molecular complexity index is 773. The summed E-state index contributed by atoms with van der Waals surface area (Å²) < 4.78 is 13.2. The van der Waals surface area contributed by atoms with Crippen molar-refractivity contribution in [1.82, 2.24) is 9.97 Å². The molecule has 21 heavy (non-hydrogen) atoms. The lowest BCUT2D eigenvalue weighted by Gasteiger charge is -2.00. The summed E-state index contributed by atoms with van der Waals surface area (Å²) in [5.74, 6) is -0.593. The normalized spacial score (nSPS) is 10.3. The Balaban J connectivity index is 1.78. The number of halogens is 1. The van der Waals surface area contributed by atoms with Crippen LogP contribution in [0.1, 0.15) is 10.4 Å². The fourth-order valence-electron chi connectivity index (χ4n) is 1.78. The fourth-order valence-corrected chi connectivity index (χ4v) is 2.49. The highest BCUT2D eigenvalue weighted by Gasteiger charge is 2.10. The van der Waals surface area contributed by atoms with Gasteiger partial charge in [0.15, 0.2) is 5.13 Å². The number of carbonyl (C=O) groups is 1. The summed E-state index contributed by atoms with van der Waals surface area (Å²) >= 11 is 1.29. The van der Waals surface area contributed by atoms with Crippen LogP contribution < -0.4 is 5.32 Å². The first kappa shape index (κ1) is 13.4. The lowest BCUT2D eigenvalue weighted by Crippen LogP contribution is -2.11.